The van der Waals surface area contributed by atoms with Gasteiger partial charge in [0, 0.05) is 31.0 Å². The fourth-order valence-corrected chi connectivity index (χ4v) is 3.05. The molecule has 0 radical (unpaired) electrons. The standard InChI is InChI=1S/C13H19N3O3S/c1-20(18,19)12-4-2-11(3-5-12)16-8-6-10(7-9-16)13(17)15-14/h2-5,10H,6-9,14H2,1H3,(H,15,17). The highest BCUT2D eigenvalue weighted by molar-refractivity contribution is 7.90. The smallest absolute Gasteiger partial charge is 0.237 e. The summed E-state index contributed by atoms with van der Waals surface area (Å²) in [6.07, 6.45) is 2.69. The van der Waals surface area contributed by atoms with Crippen LogP contribution < -0.4 is 16.2 Å². The number of benzene rings is 1. The molecule has 3 N–H and O–H groups in total. The van der Waals surface area contributed by atoms with Crippen molar-refractivity contribution in [3.05, 3.63) is 24.3 Å². The maximum Gasteiger partial charge on any atom is 0.237 e. The Morgan fingerprint density at radius 2 is 1.80 bits per heavy atom. The minimum atomic E-state index is -3.16. The normalized spacial score (nSPS) is 17.0. The molecule has 0 unspecified atom stereocenters. The fourth-order valence-electron chi connectivity index (χ4n) is 2.42. The Bertz CT molecular complexity index is 575. The van der Waals surface area contributed by atoms with Gasteiger partial charge in [-0.15, -0.1) is 0 Å². The van der Waals surface area contributed by atoms with Gasteiger partial charge in [-0.1, -0.05) is 0 Å². The quantitative estimate of drug-likeness (QED) is 0.475. The van der Waals surface area contributed by atoms with Crippen LogP contribution in [0.15, 0.2) is 29.2 Å². The Kier molecular flexibility index (Phi) is 4.29. The minimum Gasteiger partial charge on any atom is -0.371 e. The lowest BCUT2D eigenvalue weighted by atomic mass is 9.96. The van der Waals surface area contributed by atoms with Gasteiger partial charge in [-0.25, -0.2) is 14.3 Å². The Morgan fingerprint density at radius 3 is 2.25 bits per heavy atom. The van der Waals surface area contributed by atoms with Crippen LogP contribution in [0, 0.1) is 5.92 Å². The number of hydrazine groups is 1. The van der Waals surface area contributed by atoms with Crippen molar-refractivity contribution in [1.29, 1.82) is 0 Å². The first-order valence-corrected chi connectivity index (χ1v) is 8.36. The largest absolute Gasteiger partial charge is 0.371 e. The molecule has 0 aromatic heterocycles. The highest BCUT2D eigenvalue weighted by Gasteiger charge is 2.24. The third-order valence-electron chi connectivity index (χ3n) is 3.64. The van der Waals surface area contributed by atoms with Crippen LogP contribution in [0.5, 0.6) is 0 Å². The molecule has 6 nitrogen and oxygen atoms in total. The van der Waals surface area contributed by atoms with Crippen LogP contribution >= 0.6 is 0 Å². The number of nitrogens with zero attached hydrogens (tertiary/aromatic N) is 1. The molecular formula is C13H19N3O3S. The zero-order chi connectivity index (χ0) is 14.8. The number of anilines is 1. The molecule has 2 rings (SSSR count). The highest BCUT2D eigenvalue weighted by atomic mass is 32.2. The maximum atomic E-state index is 11.4. The summed E-state index contributed by atoms with van der Waals surface area (Å²) in [6.45, 7) is 1.52. The molecule has 7 heteroatoms. The third-order valence-corrected chi connectivity index (χ3v) is 4.77. The van der Waals surface area contributed by atoms with E-state index in [4.69, 9.17) is 5.84 Å². The molecule has 1 aromatic rings. The molecule has 0 spiro atoms. The van der Waals surface area contributed by atoms with Gasteiger partial charge in [0.25, 0.3) is 0 Å². The maximum absolute atomic E-state index is 11.4. The molecule has 1 aromatic carbocycles. The number of amides is 1. The van der Waals surface area contributed by atoms with E-state index < -0.39 is 9.84 Å². The van der Waals surface area contributed by atoms with Crippen molar-refractivity contribution in [2.75, 3.05) is 24.2 Å². The fraction of sp³-hybridized carbons (Fsp3) is 0.462. The first kappa shape index (κ1) is 14.8. The highest BCUT2D eigenvalue weighted by Crippen LogP contribution is 2.24. The number of nitrogens with two attached hydrogens (primary N) is 1. The molecule has 1 saturated heterocycles. The van der Waals surface area contributed by atoms with E-state index in [9.17, 15) is 13.2 Å². The van der Waals surface area contributed by atoms with Crippen LogP contribution in [-0.4, -0.2) is 33.7 Å². The number of carbonyl (C=O) groups is 1. The molecule has 0 atom stereocenters. The van der Waals surface area contributed by atoms with Gasteiger partial charge < -0.3 is 4.90 Å². The lowest BCUT2D eigenvalue weighted by molar-refractivity contribution is -0.125. The van der Waals surface area contributed by atoms with E-state index in [0.29, 0.717) is 4.90 Å². The van der Waals surface area contributed by atoms with Gasteiger partial charge in [0.05, 0.1) is 4.90 Å². The number of hydrogen-bond acceptors (Lipinski definition) is 5. The van der Waals surface area contributed by atoms with Gasteiger partial charge in [-0.3, -0.25) is 10.2 Å². The summed E-state index contributed by atoms with van der Waals surface area (Å²) in [4.78, 5) is 13.9. The zero-order valence-corrected chi connectivity index (χ0v) is 12.2. The van der Waals surface area contributed by atoms with Crippen LogP contribution in [0.1, 0.15) is 12.8 Å². The molecule has 1 heterocycles. The summed E-state index contributed by atoms with van der Waals surface area (Å²) in [5, 5.41) is 0. The summed E-state index contributed by atoms with van der Waals surface area (Å²) < 4.78 is 22.8. The van der Waals surface area contributed by atoms with E-state index in [1.807, 2.05) is 0 Å². The van der Waals surface area contributed by atoms with Crippen molar-refractivity contribution in [3.8, 4) is 0 Å². The van der Waals surface area contributed by atoms with Crippen LogP contribution in [-0.2, 0) is 14.6 Å². The number of nitrogens with one attached hydrogen (secondary N) is 1. The van der Waals surface area contributed by atoms with Crippen molar-refractivity contribution < 1.29 is 13.2 Å². The van der Waals surface area contributed by atoms with Crippen molar-refractivity contribution in [1.82, 2.24) is 5.43 Å². The summed E-state index contributed by atoms with van der Waals surface area (Å²) in [5.41, 5.74) is 3.17. The number of rotatable bonds is 3. The molecule has 0 aliphatic carbocycles. The molecule has 1 aliphatic rings. The molecule has 0 saturated carbocycles. The number of piperidine rings is 1. The van der Waals surface area contributed by atoms with E-state index in [0.717, 1.165) is 31.6 Å². The molecule has 0 bridgehead atoms. The molecule has 1 amide bonds. The molecule has 20 heavy (non-hydrogen) atoms. The lowest BCUT2D eigenvalue weighted by Gasteiger charge is -2.32. The number of carbonyl (C=O) groups excluding carboxylic acids is 1. The third kappa shape index (κ3) is 3.29. The Hall–Kier alpha value is -1.60. The molecule has 1 aliphatic heterocycles. The topological polar surface area (TPSA) is 92.5 Å². The predicted molar refractivity (Wildman–Crippen MR) is 76.8 cm³/mol. The Labute approximate surface area is 118 Å². The van der Waals surface area contributed by atoms with Crippen LogP contribution in [0.4, 0.5) is 5.69 Å². The van der Waals surface area contributed by atoms with Crippen molar-refractivity contribution in [2.45, 2.75) is 17.7 Å². The first-order valence-electron chi connectivity index (χ1n) is 6.47. The average Bonchev–Trinajstić information content (AvgIpc) is 2.46. The summed E-state index contributed by atoms with van der Waals surface area (Å²) in [5.74, 6) is 4.99. The van der Waals surface area contributed by atoms with Crippen molar-refractivity contribution in [2.24, 2.45) is 11.8 Å². The van der Waals surface area contributed by atoms with Gasteiger partial charge in [-0.2, -0.15) is 0 Å². The van der Waals surface area contributed by atoms with Gasteiger partial charge in [-0.05, 0) is 37.1 Å². The second kappa shape index (κ2) is 5.80. The van der Waals surface area contributed by atoms with Crippen molar-refractivity contribution >= 4 is 21.4 Å². The second-order valence-corrected chi connectivity index (χ2v) is 7.05. The summed E-state index contributed by atoms with van der Waals surface area (Å²) >= 11 is 0. The van der Waals surface area contributed by atoms with E-state index in [1.54, 1.807) is 24.3 Å². The van der Waals surface area contributed by atoms with Gasteiger partial charge in [0.15, 0.2) is 9.84 Å². The zero-order valence-electron chi connectivity index (χ0n) is 11.4. The molecule has 110 valence electrons. The first-order chi connectivity index (χ1) is 9.41. The predicted octanol–water partition coefficient (Wildman–Crippen LogP) is 0.296. The number of hydrogen-bond donors (Lipinski definition) is 2. The Balaban J connectivity index is 2.02. The summed E-state index contributed by atoms with van der Waals surface area (Å²) in [7, 11) is -3.16. The van der Waals surface area contributed by atoms with E-state index >= 15 is 0 Å². The van der Waals surface area contributed by atoms with Crippen LogP contribution in [0.25, 0.3) is 0 Å². The van der Waals surface area contributed by atoms with Gasteiger partial charge in [0.2, 0.25) is 5.91 Å². The SMILES string of the molecule is CS(=O)(=O)c1ccc(N2CCC(C(=O)NN)CC2)cc1. The Morgan fingerprint density at radius 1 is 1.25 bits per heavy atom. The van der Waals surface area contributed by atoms with E-state index in [-0.39, 0.29) is 11.8 Å². The second-order valence-electron chi connectivity index (χ2n) is 5.04. The lowest BCUT2D eigenvalue weighted by Crippen LogP contribution is -2.42. The van der Waals surface area contributed by atoms with Gasteiger partial charge >= 0.3 is 0 Å². The van der Waals surface area contributed by atoms with Gasteiger partial charge in [0.1, 0.15) is 0 Å². The van der Waals surface area contributed by atoms with Crippen LogP contribution in [0.2, 0.25) is 0 Å². The summed E-state index contributed by atoms with van der Waals surface area (Å²) in [6, 6.07) is 6.84. The average molecular weight is 297 g/mol. The minimum absolute atomic E-state index is 0.0356. The number of sulfone groups is 1. The molecular weight excluding hydrogens is 278 g/mol. The monoisotopic (exact) mass is 297 g/mol. The van der Waals surface area contributed by atoms with E-state index in [1.165, 1.54) is 6.26 Å². The van der Waals surface area contributed by atoms with E-state index in [2.05, 4.69) is 10.3 Å². The van der Waals surface area contributed by atoms with Crippen molar-refractivity contribution in [3.63, 3.8) is 0 Å². The molecule has 1 fully saturated rings. The van der Waals surface area contributed by atoms with Crippen LogP contribution in [0.3, 0.4) is 0 Å².